The van der Waals surface area contributed by atoms with Crippen molar-refractivity contribution in [2.45, 2.75) is 19.1 Å². The molecule has 2 unspecified atom stereocenters. The van der Waals surface area contributed by atoms with Gasteiger partial charge in [0.25, 0.3) is 0 Å². The standard InChI is InChI=1S/C15H26N2O3/c1-11(17(2)3)9-16-10-14(18)13-8-12(19-4)6-7-15(13)20-5/h6-8,11,14,16,18H,9-10H2,1-5H3. The summed E-state index contributed by atoms with van der Waals surface area (Å²) in [6.45, 7) is 3.42. The third-order valence-electron chi connectivity index (χ3n) is 3.45. The molecule has 0 bridgehead atoms. The van der Waals surface area contributed by atoms with E-state index in [9.17, 15) is 5.11 Å². The van der Waals surface area contributed by atoms with Crippen molar-refractivity contribution in [2.24, 2.45) is 0 Å². The minimum atomic E-state index is -0.630. The first-order valence-electron chi connectivity index (χ1n) is 6.76. The number of likely N-dealkylation sites (N-methyl/N-ethyl adjacent to an activating group) is 1. The third kappa shape index (κ3) is 4.67. The Kier molecular flexibility index (Phi) is 6.78. The normalized spacial score (nSPS) is 14.2. The van der Waals surface area contributed by atoms with Crippen LogP contribution in [0.5, 0.6) is 11.5 Å². The zero-order valence-electron chi connectivity index (χ0n) is 13.0. The van der Waals surface area contributed by atoms with Gasteiger partial charge in [-0.3, -0.25) is 0 Å². The lowest BCUT2D eigenvalue weighted by atomic mass is 10.1. The molecule has 0 aliphatic carbocycles. The van der Waals surface area contributed by atoms with E-state index in [4.69, 9.17) is 9.47 Å². The maximum absolute atomic E-state index is 10.3. The first kappa shape index (κ1) is 16.8. The summed E-state index contributed by atoms with van der Waals surface area (Å²) in [5.74, 6) is 1.38. The van der Waals surface area contributed by atoms with Crippen molar-refractivity contribution >= 4 is 0 Å². The second-order valence-corrected chi connectivity index (χ2v) is 5.09. The van der Waals surface area contributed by atoms with Crippen LogP contribution in [0.4, 0.5) is 0 Å². The second kappa shape index (κ2) is 8.09. The minimum Gasteiger partial charge on any atom is -0.497 e. The zero-order chi connectivity index (χ0) is 15.1. The molecule has 0 aliphatic heterocycles. The lowest BCUT2D eigenvalue weighted by Gasteiger charge is -2.22. The number of nitrogens with one attached hydrogen (secondary N) is 1. The predicted octanol–water partition coefficient (Wildman–Crippen LogP) is 1.28. The Labute approximate surface area is 121 Å². The number of hydrogen-bond acceptors (Lipinski definition) is 5. The molecule has 0 heterocycles. The van der Waals surface area contributed by atoms with E-state index in [0.717, 1.165) is 12.1 Å². The monoisotopic (exact) mass is 282 g/mol. The topological polar surface area (TPSA) is 54.0 Å². The molecule has 0 saturated heterocycles. The van der Waals surface area contributed by atoms with Gasteiger partial charge in [0.15, 0.2) is 0 Å². The van der Waals surface area contributed by atoms with Crippen molar-refractivity contribution in [3.8, 4) is 11.5 Å². The van der Waals surface area contributed by atoms with Crippen LogP contribution in [0.25, 0.3) is 0 Å². The fourth-order valence-corrected chi connectivity index (χ4v) is 1.82. The average molecular weight is 282 g/mol. The molecule has 0 aliphatic rings. The van der Waals surface area contributed by atoms with Crippen molar-refractivity contribution in [3.63, 3.8) is 0 Å². The summed E-state index contributed by atoms with van der Waals surface area (Å²) >= 11 is 0. The predicted molar refractivity (Wildman–Crippen MR) is 80.5 cm³/mol. The molecule has 2 atom stereocenters. The van der Waals surface area contributed by atoms with Crippen molar-refractivity contribution in [1.29, 1.82) is 0 Å². The maximum atomic E-state index is 10.3. The van der Waals surface area contributed by atoms with E-state index in [1.807, 2.05) is 20.2 Å². The minimum absolute atomic E-state index is 0.411. The molecular formula is C15H26N2O3. The highest BCUT2D eigenvalue weighted by atomic mass is 16.5. The van der Waals surface area contributed by atoms with Crippen LogP contribution < -0.4 is 14.8 Å². The molecule has 0 fully saturated rings. The Morgan fingerprint density at radius 1 is 1.20 bits per heavy atom. The second-order valence-electron chi connectivity index (χ2n) is 5.09. The van der Waals surface area contributed by atoms with Gasteiger partial charge in [-0.15, -0.1) is 0 Å². The van der Waals surface area contributed by atoms with Crippen LogP contribution in [-0.4, -0.2) is 57.5 Å². The van der Waals surface area contributed by atoms with Crippen LogP contribution in [-0.2, 0) is 0 Å². The molecule has 20 heavy (non-hydrogen) atoms. The van der Waals surface area contributed by atoms with Crippen LogP contribution in [0.15, 0.2) is 18.2 Å². The van der Waals surface area contributed by atoms with Gasteiger partial charge in [-0.2, -0.15) is 0 Å². The molecule has 1 aromatic carbocycles. The van der Waals surface area contributed by atoms with Gasteiger partial charge in [0.2, 0.25) is 0 Å². The van der Waals surface area contributed by atoms with Gasteiger partial charge in [0.1, 0.15) is 11.5 Å². The number of benzene rings is 1. The van der Waals surface area contributed by atoms with Gasteiger partial charge in [0, 0.05) is 24.7 Å². The van der Waals surface area contributed by atoms with E-state index in [0.29, 0.717) is 24.1 Å². The maximum Gasteiger partial charge on any atom is 0.124 e. The van der Waals surface area contributed by atoms with Gasteiger partial charge < -0.3 is 24.8 Å². The first-order chi connectivity index (χ1) is 9.49. The molecule has 1 rings (SSSR count). The Morgan fingerprint density at radius 2 is 1.90 bits per heavy atom. The highest BCUT2D eigenvalue weighted by molar-refractivity contribution is 5.41. The molecule has 1 aromatic rings. The number of ether oxygens (including phenoxy) is 2. The van der Waals surface area contributed by atoms with Crippen molar-refractivity contribution in [3.05, 3.63) is 23.8 Å². The Bertz CT molecular complexity index is 410. The molecule has 5 nitrogen and oxygen atoms in total. The molecule has 0 amide bonds. The summed E-state index contributed by atoms with van der Waals surface area (Å²) in [6.07, 6.45) is -0.630. The molecule has 5 heteroatoms. The van der Waals surface area contributed by atoms with Crippen LogP contribution >= 0.6 is 0 Å². The van der Waals surface area contributed by atoms with Crippen molar-refractivity contribution < 1.29 is 14.6 Å². The number of aliphatic hydroxyl groups excluding tert-OH is 1. The fourth-order valence-electron chi connectivity index (χ4n) is 1.82. The van der Waals surface area contributed by atoms with E-state index >= 15 is 0 Å². The largest absolute Gasteiger partial charge is 0.497 e. The first-order valence-corrected chi connectivity index (χ1v) is 6.76. The highest BCUT2D eigenvalue weighted by Crippen LogP contribution is 2.28. The summed E-state index contributed by atoms with van der Waals surface area (Å²) in [5, 5.41) is 13.6. The molecule has 2 N–H and O–H groups in total. The highest BCUT2D eigenvalue weighted by Gasteiger charge is 2.15. The Morgan fingerprint density at radius 3 is 2.45 bits per heavy atom. The summed E-state index contributed by atoms with van der Waals surface area (Å²) in [5.41, 5.74) is 0.733. The SMILES string of the molecule is COc1ccc(OC)c(C(O)CNCC(C)N(C)C)c1. The van der Waals surface area contributed by atoms with E-state index < -0.39 is 6.10 Å². The summed E-state index contributed by atoms with van der Waals surface area (Å²) in [7, 11) is 7.27. The van der Waals surface area contributed by atoms with E-state index in [1.165, 1.54) is 0 Å². The molecule has 0 spiro atoms. The number of hydrogen-bond donors (Lipinski definition) is 2. The number of methoxy groups -OCH3 is 2. The summed E-state index contributed by atoms with van der Waals surface area (Å²) in [4.78, 5) is 2.13. The number of rotatable bonds is 8. The van der Waals surface area contributed by atoms with Crippen molar-refractivity contribution in [1.82, 2.24) is 10.2 Å². The zero-order valence-corrected chi connectivity index (χ0v) is 13.0. The lowest BCUT2D eigenvalue weighted by Crippen LogP contribution is -2.37. The Balaban J connectivity index is 2.64. The van der Waals surface area contributed by atoms with Gasteiger partial charge in [-0.25, -0.2) is 0 Å². The van der Waals surface area contributed by atoms with Crippen LogP contribution in [0.2, 0.25) is 0 Å². The van der Waals surface area contributed by atoms with Gasteiger partial charge in [-0.1, -0.05) is 0 Å². The fraction of sp³-hybridized carbons (Fsp3) is 0.600. The third-order valence-corrected chi connectivity index (χ3v) is 3.45. The molecule has 0 saturated carbocycles. The van der Waals surface area contributed by atoms with Crippen LogP contribution in [0, 0.1) is 0 Å². The molecule has 0 radical (unpaired) electrons. The summed E-state index contributed by atoms with van der Waals surface area (Å²) < 4.78 is 10.5. The van der Waals surface area contributed by atoms with Gasteiger partial charge in [-0.05, 0) is 39.2 Å². The molecule has 114 valence electrons. The average Bonchev–Trinajstić information content (AvgIpc) is 2.45. The van der Waals surface area contributed by atoms with E-state index in [-0.39, 0.29) is 0 Å². The van der Waals surface area contributed by atoms with Crippen LogP contribution in [0.1, 0.15) is 18.6 Å². The van der Waals surface area contributed by atoms with Gasteiger partial charge in [0.05, 0.1) is 20.3 Å². The number of nitrogens with zero attached hydrogens (tertiary/aromatic N) is 1. The van der Waals surface area contributed by atoms with Gasteiger partial charge >= 0.3 is 0 Å². The molecular weight excluding hydrogens is 256 g/mol. The smallest absolute Gasteiger partial charge is 0.124 e. The quantitative estimate of drug-likeness (QED) is 0.752. The van der Waals surface area contributed by atoms with E-state index in [2.05, 4.69) is 17.1 Å². The Hall–Kier alpha value is -1.30. The van der Waals surface area contributed by atoms with E-state index in [1.54, 1.807) is 26.4 Å². The number of aliphatic hydroxyl groups is 1. The molecule has 0 aromatic heterocycles. The summed E-state index contributed by atoms with van der Waals surface area (Å²) in [6, 6.07) is 5.84. The van der Waals surface area contributed by atoms with Crippen molar-refractivity contribution in [2.75, 3.05) is 41.4 Å². The van der Waals surface area contributed by atoms with Crippen LogP contribution in [0.3, 0.4) is 0 Å². The lowest BCUT2D eigenvalue weighted by molar-refractivity contribution is 0.166.